The van der Waals surface area contributed by atoms with Gasteiger partial charge in [0.25, 0.3) is 5.56 Å². The molecule has 0 saturated carbocycles. The summed E-state index contributed by atoms with van der Waals surface area (Å²) >= 11 is 4.38. The van der Waals surface area contributed by atoms with Crippen LogP contribution in [0.25, 0.3) is 26.3 Å². The predicted molar refractivity (Wildman–Crippen MR) is 136 cm³/mol. The first-order valence-electron chi connectivity index (χ1n) is 10.7. The summed E-state index contributed by atoms with van der Waals surface area (Å²) in [4.78, 5) is 35.2. The van der Waals surface area contributed by atoms with Crippen molar-refractivity contribution < 1.29 is 9.53 Å². The number of carbonyl (C=O) groups is 1. The summed E-state index contributed by atoms with van der Waals surface area (Å²) in [6.07, 6.45) is 0.0305. The highest BCUT2D eigenvalue weighted by atomic mass is 32.2. The van der Waals surface area contributed by atoms with Crippen molar-refractivity contribution in [3.63, 3.8) is 0 Å². The molecule has 0 bridgehead atoms. The number of thiophene rings is 2. The zero-order chi connectivity index (χ0) is 22.9. The van der Waals surface area contributed by atoms with E-state index in [0.717, 1.165) is 16.1 Å². The molecule has 1 fully saturated rings. The third kappa shape index (κ3) is 4.50. The number of hydrogen-bond donors (Lipinski definition) is 0. The van der Waals surface area contributed by atoms with E-state index in [-0.39, 0.29) is 29.4 Å². The fraction of sp³-hybridized carbons (Fsp3) is 0.292. The number of rotatable bonds is 5. The highest BCUT2D eigenvalue weighted by molar-refractivity contribution is 7.99. The second-order valence-electron chi connectivity index (χ2n) is 8.02. The highest BCUT2D eigenvalue weighted by Crippen LogP contribution is 2.35. The maximum Gasteiger partial charge on any atom is 0.268 e. The van der Waals surface area contributed by atoms with Gasteiger partial charge in [0.1, 0.15) is 4.83 Å². The molecule has 4 heterocycles. The number of aromatic nitrogens is 2. The van der Waals surface area contributed by atoms with Crippen molar-refractivity contribution in [2.24, 2.45) is 0 Å². The van der Waals surface area contributed by atoms with E-state index in [1.54, 1.807) is 15.9 Å². The zero-order valence-electron chi connectivity index (χ0n) is 18.3. The molecule has 0 N–H and O–H groups in total. The molecule has 1 saturated heterocycles. The first-order valence-corrected chi connectivity index (χ1v) is 13.5. The average Bonchev–Trinajstić information content (AvgIpc) is 3.47. The molecule has 0 spiro atoms. The van der Waals surface area contributed by atoms with E-state index >= 15 is 0 Å². The second-order valence-corrected chi connectivity index (χ2v) is 10.8. The van der Waals surface area contributed by atoms with E-state index in [1.165, 1.54) is 23.1 Å². The molecule has 1 aliphatic heterocycles. The Hall–Kier alpha value is -2.46. The smallest absolute Gasteiger partial charge is 0.268 e. The molecule has 2 atom stereocenters. The number of para-hydroxylation sites is 1. The summed E-state index contributed by atoms with van der Waals surface area (Å²) in [6.45, 7) is 5.12. The summed E-state index contributed by atoms with van der Waals surface area (Å²) in [6, 6.07) is 13.5. The van der Waals surface area contributed by atoms with Gasteiger partial charge in [0.15, 0.2) is 5.16 Å². The maximum absolute atomic E-state index is 13.8. The number of thioether (sulfide) groups is 1. The largest absolute Gasteiger partial charge is 0.372 e. The lowest BCUT2D eigenvalue weighted by atomic mass is 10.2. The first-order chi connectivity index (χ1) is 16.0. The monoisotopic (exact) mass is 497 g/mol. The molecule has 0 aliphatic carbocycles. The summed E-state index contributed by atoms with van der Waals surface area (Å²) in [7, 11) is 0. The molecule has 4 aromatic rings. The number of fused-ring (bicyclic) bond motifs is 1. The van der Waals surface area contributed by atoms with Crippen LogP contribution < -0.4 is 5.56 Å². The van der Waals surface area contributed by atoms with Gasteiger partial charge in [-0.3, -0.25) is 14.2 Å². The molecular weight excluding hydrogens is 474 g/mol. The van der Waals surface area contributed by atoms with Crippen LogP contribution in [-0.4, -0.2) is 51.4 Å². The fourth-order valence-corrected chi connectivity index (χ4v) is 6.80. The molecule has 170 valence electrons. The van der Waals surface area contributed by atoms with Crippen LogP contribution in [0.5, 0.6) is 0 Å². The van der Waals surface area contributed by atoms with Crippen LogP contribution in [0.4, 0.5) is 0 Å². The van der Waals surface area contributed by atoms with Crippen LogP contribution in [0.1, 0.15) is 13.8 Å². The van der Waals surface area contributed by atoms with Crippen molar-refractivity contribution in [2.45, 2.75) is 31.2 Å². The van der Waals surface area contributed by atoms with E-state index < -0.39 is 0 Å². The molecule has 1 aliphatic rings. The molecule has 3 aromatic heterocycles. The Morgan fingerprint density at radius 3 is 2.58 bits per heavy atom. The minimum atomic E-state index is -0.112. The number of benzene rings is 1. The van der Waals surface area contributed by atoms with E-state index in [4.69, 9.17) is 9.72 Å². The summed E-state index contributed by atoms with van der Waals surface area (Å²) < 4.78 is 7.38. The van der Waals surface area contributed by atoms with Crippen molar-refractivity contribution >= 4 is 50.6 Å². The molecule has 1 aromatic carbocycles. The molecular formula is C24H23N3O3S3. The summed E-state index contributed by atoms with van der Waals surface area (Å²) in [5.74, 6) is 0.245. The standard InChI is InChI=1S/C24H23N3O3S3/c1-15-11-26(12-16(2)30-15)20(28)14-33-24-25-22-21(18(13-32-22)19-9-6-10-31-19)23(29)27(24)17-7-4-3-5-8-17/h3-10,13,15-16H,11-12,14H2,1-2H3. The fourth-order valence-electron chi connectivity index (χ4n) is 4.09. The van der Waals surface area contributed by atoms with Gasteiger partial charge >= 0.3 is 0 Å². The quantitative estimate of drug-likeness (QED) is 0.290. The lowest BCUT2D eigenvalue weighted by Gasteiger charge is -2.35. The lowest BCUT2D eigenvalue weighted by molar-refractivity contribution is -0.140. The second kappa shape index (κ2) is 9.42. The van der Waals surface area contributed by atoms with Gasteiger partial charge in [0.2, 0.25) is 5.91 Å². The molecule has 2 unspecified atom stereocenters. The Balaban J connectivity index is 1.53. The Morgan fingerprint density at radius 2 is 1.88 bits per heavy atom. The van der Waals surface area contributed by atoms with Gasteiger partial charge in [-0.1, -0.05) is 36.0 Å². The Morgan fingerprint density at radius 1 is 1.12 bits per heavy atom. The highest BCUT2D eigenvalue weighted by Gasteiger charge is 2.26. The van der Waals surface area contributed by atoms with E-state index in [0.29, 0.717) is 28.5 Å². The summed E-state index contributed by atoms with van der Waals surface area (Å²) in [5, 5.41) is 5.15. The third-order valence-electron chi connectivity index (χ3n) is 5.48. The van der Waals surface area contributed by atoms with Crippen LogP contribution in [-0.2, 0) is 9.53 Å². The topological polar surface area (TPSA) is 64.4 Å². The minimum Gasteiger partial charge on any atom is -0.372 e. The van der Waals surface area contributed by atoms with Gasteiger partial charge in [-0.05, 0) is 37.4 Å². The van der Waals surface area contributed by atoms with Crippen molar-refractivity contribution in [1.82, 2.24) is 14.5 Å². The number of carbonyl (C=O) groups excluding carboxylic acids is 1. The van der Waals surface area contributed by atoms with Crippen LogP contribution in [0, 0.1) is 0 Å². The first kappa shape index (κ1) is 22.3. The van der Waals surface area contributed by atoms with Gasteiger partial charge in [-0.2, -0.15) is 0 Å². The molecule has 9 heteroatoms. The Bertz CT molecular complexity index is 1320. The van der Waals surface area contributed by atoms with Crippen molar-refractivity contribution in [3.05, 3.63) is 63.6 Å². The van der Waals surface area contributed by atoms with Gasteiger partial charge in [0, 0.05) is 28.9 Å². The van der Waals surface area contributed by atoms with Crippen molar-refractivity contribution in [2.75, 3.05) is 18.8 Å². The Labute approximate surface area is 203 Å². The predicted octanol–water partition coefficient (Wildman–Crippen LogP) is 4.90. The van der Waals surface area contributed by atoms with Crippen molar-refractivity contribution in [1.29, 1.82) is 0 Å². The van der Waals surface area contributed by atoms with Crippen LogP contribution in [0.15, 0.2) is 63.2 Å². The SMILES string of the molecule is CC1CN(C(=O)CSc2nc3scc(-c4cccs4)c3c(=O)n2-c2ccccc2)CC(C)O1. The van der Waals surface area contributed by atoms with Gasteiger partial charge < -0.3 is 9.64 Å². The number of hydrogen-bond acceptors (Lipinski definition) is 7. The van der Waals surface area contributed by atoms with Gasteiger partial charge in [-0.15, -0.1) is 22.7 Å². The summed E-state index contributed by atoms with van der Waals surface area (Å²) in [5.41, 5.74) is 1.54. The number of amides is 1. The van der Waals surface area contributed by atoms with E-state index in [9.17, 15) is 9.59 Å². The van der Waals surface area contributed by atoms with Crippen LogP contribution >= 0.6 is 34.4 Å². The minimum absolute atomic E-state index is 0.0152. The van der Waals surface area contributed by atoms with Crippen molar-refractivity contribution in [3.8, 4) is 16.1 Å². The number of nitrogens with zero attached hydrogens (tertiary/aromatic N) is 3. The Kier molecular flexibility index (Phi) is 6.38. The molecule has 6 nitrogen and oxygen atoms in total. The third-order valence-corrected chi connectivity index (χ3v) is 8.17. The molecule has 5 rings (SSSR count). The zero-order valence-corrected chi connectivity index (χ0v) is 20.7. The molecule has 33 heavy (non-hydrogen) atoms. The maximum atomic E-state index is 13.8. The lowest BCUT2D eigenvalue weighted by Crippen LogP contribution is -2.48. The van der Waals surface area contributed by atoms with Gasteiger partial charge in [-0.25, -0.2) is 4.98 Å². The van der Waals surface area contributed by atoms with E-state index in [2.05, 4.69) is 0 Å². The van der Waals surface area contributed by atoms with Gasteiger partial charge in [0.05, 0.1) is 29.0 Å². The van der Waals surface area contributed by atoms with E-state index in [1.807, 2.05) is 72.0 Å². The average molecular weight is 498 g/mol. The molecule has 1 amide bonds. The van der Waals surface area contributed by atoms with Crippen LogP contribution in [0.2, 0.25) is 0 Å². The number of ether oxygens (including phenoxy) is 1. The normalized spacial score (nSPS) is 18.7. The number of morpholine rings is 1. The molecule has 0 radical (unpaired) electrons. The van der Waals surface area contributed by atoms with Crippen LogP contribution in [0.3, 0.4) is 0 Å².